The number of para-hydroxylation sites is 2. The van der Waals surface area contributed by atoms with E-state index in [1.165, 1.54) is 0 Å². The number of urea groups is 1. The van der Waals surface area contributed by atoms with Gasteiger partial charge in [0.2, 0.25) is 0 Å². The molecule has 0 unspecified atom stereocenters. The maximum absolute atomic E-state index is 13.1. The topological polar surface area (TPSA) is 44.8 Å². The predicted octanol–water partition coefficient (Wildman–Crippen LogP) is 4.32. The number of anilines is 1. The lowest BCUT2D eigenvalue weighted by Gasteiger charge is -2.37. The van der Waals surface area contributed by atoms with Crippen LogP contribution >= 0.6 is 0 Å². The summed E-state index contributed by atoms with van der Waals surface area (Å²) >= 11 is 0. The number of piperazine rings is 1. The van der Waals surface area contributed by atoms with E-state index in [4.69, 9.17) is 4.74 Å². The Morgan fingerprint density at radius 2 is 1.33 bits per heavy atom. The summed E-state index contributed by atoms with van der Waals surface area (Å²) in [5, 5.41) is 3.24. The number of methoxy groups -OCH3 is 1. The summed E-state index contributed by atoms with van der Waals surface area (Å²) in [6, 6.07) is 28.0. The molecule has 0 radical (unpaired) electrons. The molecule has 0 aliphatic carbocycles. The largest absolute Gasteiger partial charge is 0.495 e. The molecule has 0 aromatic heterocycles. The Kier molecular flexibility index (Phi) is 6.18. The smallest absolute Gasteiger partial charge is 0.318 e. The minimum absolute atomic E-state index is 0.0348. The molecule has 3 aromatic rings. The van der Waals surface area contributed by atoms with E-state index < -0.39 is 0 Å². The van der Waals surface area contributed by atoms with Gasteiger partial charge < -0.3 is 19.9 Å². The van der Waals surface area contributed by atoms with Gasteiger partial charge in [-0.1, -0.05) is 72.8 Å². The quantitative estimate of drug-likeness (QED) is 0.693. The summed E-state index contributed by atoms with van der Waals surface area (Å²) in [7, 11) is 1.69. The van der Waals surface area contributed by atoms with E-state index in [0.717, 1.165) is 35.7 Å². The average Bonchev–Trinajstić information content (AvgIpc) is 2.83. The maximum atomic E-state index is 13.1. The van der Waals surface area contributed by atoms with E-state index >= 15 is 0 Å². The second-order valence-electron chi connectivity index (χ2n) is 7.35. The zero-order chi connectivity index (χ0) is 20.8. The van der Waals surface area contributed by atoms with Crippen LogP contribution in [0, 0.1) is 0 Å². The molecule has 0 atom stereocenters. The molecule has 1 aliphatic rings. The molecule has 4 rings (SSSR count). The Morgan fingerprint density at radius 1 is 0.800 bits per heavy atom. The third kappa shape index (κ3) is 4.40. The van der Waals surface area contributed by atoms with E-state index in [1.54, 1.807) is 7.11 Å². The number of hydrogen-bond donors (Lipinski definition) is 1. The van der Waals surface area contributed by atoms with Gasteiger partial charge in [-0.15, -0.1) is 0 Å². The van der Waals surface area contributed by atoms with Crippen LogP contribution in [0.4, 0.5) is 10.5 Å². The molecule has 154 valence electrons. The molecule has 30 heavy (non-hydrogen) atoms. The fraction of sp³-hybridized carbons (Fsp3) is 0.240. The standard InChI is InChI=1S/C25H27N3O2/c1-30-23-15-9-8-14-22(23)27-16-18-28(19-17-27)25(29)26-24(20-10-4-2-5-11-20)21-12-6-3-7-13-21/h2-15,24H,16-19H2,1H3,(H,26,29). The van der Waals surface area contributed by atoms with Crippen molar-refractivity contribution in [3.63, 3.8) is 0 Å². The number of nitrogens with zero attached hydrogens (tertiary/aromatic N) is 2. The van der Waals surface area contributed by atoms with Gasteiger partial charge in [-0.2, -0.15) is 0 Å². The highest BCUT2D eigenvalue weighted by atomic mass is 16.5. The number of carbonyl (C=O) groups excluding carboxylic acids is 1. The van der Waals surface area contributed by atoms with Gasteiger partial charge in [-0.3, -0.25) is 0 Å². The molecule has 5 heteroatoms. The summed E-state index contributed by atoms with van der Waals surface area (Å²) in [5.41, 5.74) is 3.22. The van der Waals surface area contributed by atoms with Crippen LogP contribution in [0.25, 0.3) is 0 Å². The monoisotopic (exact) mass is 401 g/mol. The molecular weight excluding hydrogens is 374 g/mol. The minimum Gasteiger partial charge on any atom is -0.495 e. The first-order valence-electron chi connectivity index (χ1n) is 10.3. The van der Waals surface area contributed by atoms with E-state index in [1.807, 2.05) is 59.5 Å². The first kappa shape index (κ1) is 19.8. The second-order valence-corrected chi connectivity index (χ2v) is 7.35. The van der Waals surface area contributed by atoms with Gasteiger partial charge in [0.25, 0.3) is 0 Å². The second kappa shape index (κ2) is 9.35. The van der Waals surface area contributed by atoms with Crippen LogP contribution < -0.4 is 15.0 Å². The van der Waals surface area contributed by atoms with E-state index in [9.17, 15) is 4.79 Å². The Morgan fingerprint density at radius 3 is 1.90 bits per heavy atom. The fourth-order valence-electron chi connectivity index (χ4n) is 3.91. The van der Waals surface area contributed by atoms with Gasteiger partial charge in [0.1, 0.15) is 5.75 Å². The molecular formula is C25H27N3O2. The van der Waals surface area contributed by atoms with Crippen molar-refractivity contribution >= 4 is 11.7 Å². The van der Waals surface area contributed by atoms with Gasteiger partial charge in [-0.25, -0.2) is 4.79 Å². The summed E-state index contributed by atoms with van der Waals surface area (Å²) in [4.78, 5) is 17.3. The van der Waals surface area contributed by atoms with E-state index in [0.29, 0.717) is 13.1 Å². The van der Waals surface area contributed by atoms with Crippen LogP contribution in [-0.2, 0) is 0 Å². The molecule has 2 amide bonds. The van der Waals surface area contributed by atoms with Crippen molar-refractivity contribution in [2.45, 2.75) is 6.04 Å². The summed E-state index contributed by atoms with van der Waals surface area (Å²) in [6.45, 7) is 2.88. The maximum Gasteiger partial charge on any atom is 0.318 e. The zero-order valence-electron chi connectivity index (χ0n) is 17.2. The van der Waals surface area contributed by atoms with Crippen LogP contribution in [0.3, 0.4) is 0 Å². The molecule has 5 nitrogen and oxygen atoms in total. The number of ether oxygens (including phenoxy) is 1. The molecule has 1 saturated heterocycles. The van der Waals surface area contributed by atoms with Crippen LogP contribution in [0.15, 0.2) is 84.9 Å². The number of benzene rings is 3. The number of nitrogens with one attached hydrogen (secondary N) is 1. The van der Waals surface area contributed by atoms with Crippen molar-refractivity contribution in [2.24, 2.45) is 0 Å². The summed E-state index contributed by atoms with van der Waals surface area (Å²) < 4.78 is 5.49. The van der Waals surface area contributed by atoms with Crippen molar-refractivity contribution in [1.29, 1.82) is 0 Å². The number of carbonyl (C=O) groups is 1. The minimum atomic E-state index is -0.174. The number of hydrogen-bond acceptors (Lipinski definition) is 3. The van der Waals surface area contributed by atoms with Crippen molar-refractivity contribution in [3.05, 3.63) is 96.1 Å². The van der Waals surface area contributed by atoms with Gasteiger partial charge in [0.05, 0.1) is 18.8 Å². The first-order valence-corrected chi connectivity index (χ1v) is 10.3. The molecule has 0 saturated carbocycles. The Balaban J connectivity index is 1.44. The van der Waals surface area contributed by atoms with Gasteiger partial charge >= 0.3 is 6.03 Å². The zero-order valence-corrected chi connectivity index (χ0v) is 17.2. The summed E-state index contributed by atoms with van der Waals surface area (Å²) in [6.07, 6.45) is 0. The van der Waals surface area contributed by atoms with Crippen molar-refractivity contribution < 1.29 is 9.53 Å². The van der Waals surface area contributed by atoms with Crippen molar-refractivity contribution in [3.8, 4) is 5.75 Å². The third-order valence-electron chi connectivity index (χ3n) is 5.53. The van der Waals surface area contributed by atoms with Crippen LogP contribution in [0.1, 0.15) is 17.2 Å². The van der Waals surface area contributed by atoms with Crippen LogP contribution in [0.2, 0.25) is 0 Å². The predicted molar refractivity (Wildman–Crippen MR) is 120 cm³/mol. The normalized spacial score (nSPS) is 13.9. The van der Waals surface area contributed by atoms with E-state index in [-0.39, 0.29) is 12.1 Å². The number of rotatable bonds is 5. The summed E-state index contributed by atoms with van der Waals surface area (Å²) in [5.74, 6) is 0.864. The lowest BCUT2D eigenvalue weighted by Crippen LogP contribution is -2.52. The molecule has 1 aliphatic heterocycles. The van der Waals surface area contributed by atoms with E-state index in [2.05, 4.69) is 40.5 Å². The lowest BCUT2D eigenvalue weighted by molar-refractivity contribution is 0.192. The van der Waals surface area contributed by atoms with Crippen LogP contribution in [-0.4, -0.2) is 44.2 Å². The van der Waals surface area contributed by atoms with Gasteiger partial charge in [0, 0.05) is 26.2 Å². The highest BCUT2D eigenvalue weighted by Crippen LogP contribution is 2.28. The average molecular weight is 402 g/mol. The molecule has 0 bridgehead atoms. The Bertz CT molecular complexity index is 915. The highest BCUT2D eigenvalue weighted by Gasteiger charge is 2.25. The highest BCUT2D eigenvalue weighted by molar-refractivity contribution is 5.76. The Hall–Kier alpha value is -3.47. The molecule has 1 N–H and O–H groups in total. The molecule has 3 aromatic carbocycles. The first-order chi connectivity index (χ1) is 14.8. The Labute approximate surface area is 177 Å². The van der Waals surface area contributed by atoms with Crippen molar-refractivity contribution in [2.75, 3.05) is 38.2 Å². The fourth-order valence-corrected chi connectivity index (χ4v) is 3.91. The molecule has 0 spiro atoms. The molecule has 1 heterocycles. The SMILES string of the molecule is COc1ccccc1N1CCN(C(=O)NC(c2ccccc2)c2ccccc2)CC1. The lowest BCUT2D eigenvalue weighted by atomic mass is 9.99. The number of amides is 2. The van der Waals surface area contributed by atoms with Crippen LogP contribution in [0.5, 0.6) is 5.75 Å². The molecule has 1 fully saturated rings. The van der Waals surface area contributed by atoms with Gasteiger partial charge in [0.15, 0.2) is 0 Å². The van der Waals surface area contributed by atoms with Crippen molar-refractivity contribution in [1.82, 2.24) is 10.2 Å². The van der Waals surface area contributed by atoms with Gasteiger partial charge in [-0.05, 0) is 23.3 Å². The third-order valence-corrected chi connectivity index (χ3v) is 5.53.